The van der Waals surface area contributed by atoms with Crippen molar-refractivity contribution in [3.8, 4) is 0 Å². The highest BCUT2D eigenvalue weighted by molar-refractivity contribution is 6.32. The van der Waals surface area contributed by atoms with E-state index < -0.39 is 0 Å². The zero-order valence-corrected chi connectivity index (χ0v) is 7.80. The average molecular weight is 160 g/mol. The Morgan fingerprint density at radius 3 is 2.45 bits per heavy atom. The minimum absolute atomic E-state index is 1.01. The highest BCUT2D eigenvalue weighted by Crippen LogP contribution is 2.05. The highest BCUT2D eigenvalue weighted by Gasteiger charge is 1.89. The molecule has 2 radical (unpaired) electrons. The van der Waals surface area contributed by atoms with Crippen LogP contribution < -0.4 is 0 Å². The molecule has 1 aromatic carbocycles. The third-order valence-corrected chi connectivity index (χ3v) is 2.36. The average Bonchev–Trinajstić information content (AvgIpc) is 2.07. The summed E-state index contributed by atoms with van der Waals surface area (Å²) in [4.78, 5) is 0. The van der Waals surface area contributed by atoms with Gasteiger partial charge in [0.2, 0.25) is 0 Å². The molecule has 0 N–H and O–H groups in total. The van der Waals surface area contributed by atoms with Crippen molar-refractivity contribution in [2.75, 3.05) is 0 Å². The molecule has 0 heterocycles. The van der Waals surface area contributed by atoms with Gasteiger partial charge in [0, 0.05) is 9.52 Å². The van der Waals surface area contributed by atoms with E-state index in [1.165, 1.54) is 17.2 Å². The van der Waals surface area contributed by atoms with Gasteiger partial charge < -0.3 is 0 Å². The maximum Gasteiger partial charge on any atom is 0.0394 e. The topological polar surface area (TPSA) is 0 Å². The van der Waals surface area contributed by atoms with Gasteiger partial charge in [-0.15, -0.1) is 0 Å². The molecule has 0 unspecified atom stereocenters. The predicted octanol–water partition coefficient (Wildman–Crippen LogP) is 2.58. The summed E-state index contributed by atoms with van der Waals surface area (Å²) in [6.45, 7) is 5.93. The van der Waals surface area contributed by atoms with E-state index in [-0.39, 0.29) is 0 Å². The van der Waals surface area contributed by atoms with Gasteiger partial charge in [0.15, 0.2) is 0 Å². The van der Waals surface area contributed by atoms with Crippen molar-refractivity contribution in [1.29, 1.82) is 0 Å². The second-order valence-electron chi connectivity index (χ2n) is 2.48. The molecule has 0 fully saturated rings. The predicted molar refractivity (Wildman–Crippen MR) is 51.9 cm³/mol. The fourth-order valence-electron chi connectivity index (χ4n) is 0.976. The Kier molecular flexibility index (Phi) is 3.11. The quantitative estimate of drug-likeness (QED) is 0.596. The number of rotatable bonds is 3. The molecular weight excluding hydrogens is 148 g/mol. The lowest BCUT2D eigenvalue weighted by atomic mass is 10.1. The Morgan fingerprint density at radius 2 is 2.00 bits per heavy atom. The van der Waals surface area contributed by atoms with Crippen LogP contribution in [0.5, 0.6) is 0 Å². The van der Waals surface area contributed by atoms with E-state index in [0.717, 1.165) is 9.52 Å². The van der Waals surface area contributed by atoms with Gasteiger partial charge in [0.25, 0.3) is 0 Å². The van der Waals surface area contributed by atoms with E-state index in [4.69, 9.17) is 0 Å². The van der Waals surface area contributed by atoms with Gasteiger partial charge in [0.1, 0.15) is 0 Å². The third kappa shape index (κ3) is 2.35. The highest BCUT2D eigenvalue weighted by atomic mass is 28.2. The summed E-state index contributed by atoms with van der Waals surface area (Å²) >= 11 is 0. The normalized spacial score (nSPS) is 9.55. The van der Waals surface area contributed by atoms with Crippen LogP contribution in [0.4, 0.5) is 0 Å². The molecule has 0 saturated carbocycles. The van der Waals surface area contributed by atoms with Crippen LogP contribution in [0, 0.1) is 0 Å². The molecule has 0 aliphatic heterocycles. The second-order valence-corrected chi connectivity index (χ2v) is 3.54. The van der Waals surface area contributed by atoms with Gasteiger partial charge in [-0.25, -0.2) is 0 Å². The molecule has 1 rings (SSSR count). The Morgan fingerprint density at radius 1 is 1.36 bits per heavy atom. The number of benzene rings is 1. The monoisotopic (exact) mass is 160 g/mol. The van der Waals surface area contributed by atoms with E-state index in [0.29, 0.717) is 0 Å². The van der Waals surface area contributed by atoms with Gasteiger partial charge in [-0.3, -0.25) is 0 Å². The second kappa shape index (κ2) is 4.14. The summed E-state index contributed by atoms with van der Waals surface area (Å²) in [6, 6.07) is 9.78. The zero-order valence-electron chi connectivity index (χ0n) is 6.80. The van der Waals surface area contributed by atoms with Crippen LogP contribution >= 0.6 is 0 Å². The van der Waals surface area contributed by atoms with Gasteiger partial charge >= 0.3 is 0 Å². The summed E-state index contributed by atoms with van der Waals surface area (Å²) in [5.41, 5.74) is 2.63. The van der Waals surface area contributed by atoms with E-state index in [1.807, 2.05) is 6.08 Å². The molecule has 1 aromatic rings. The van der Waals surface area contributed by atoms with Crippen molar-refractivity contribution < 1.29 is 0 Å². The van der Waals surface area contributed by atoms with Crippen LogP contribution in [0.25, 0.3) is 6.08 Å². The lowest BCUT2D eigenvalue weighted by molar-refractivity contribution is 1.38. The largest absolute Gasteiger partial charge is 0.0985 e. The van der Waals surface area contributed by atoms with Gasteiger partial charge in [-0.05, 0) is 11.6 Å². The summed E-state index contributed by atoms with van der Waals surface area (Å²) in [5.74, 6) is 0. The van der Waals surface area contributed by atoms with Gasteiger partial charge in [0.05, 0.1) is 0 Å². The number of hydrogen-bond acceptors (Lipinski definition) is 0. The molecule has 0 spiro atoms. The van der Waals surface area contributed by atoms with E-state index in [2.05, 4.69) is 37.4 Å². The summed E-state index contributed by atoms with van der Waals surface area (Å²) < 4.78 is 0. The summed E-state index contributed by atoms with van der Waals surface area (Å²) in [6.07, 6.45) is 1.87. The Balaban J connectivity index is 2.74. The maximum absolute atomic E-state index is 3.71. The van der Waals surface area contributed by atoms with Crippen LogP contribution in [0.1, 0.15) is 11.1 Å². The van der Waals surface area contributed by atoms with Crippen molar-refractivity contribution >= 4 is 15.6 Å². The van der Waals surface area contributed by atoms with E-state index in [9.17, 15) is 0 Å². The van der Waals surface area contributed by atoms with E-state index >= 15 is 0 Å². The van der Waals surface area contributed by atoms with Crippen molar-refractivity contribution in [3.63, 3.8) is 0 Å². The van der Waals surface area contributed by atoms with Crippen molar-refractivity contribution in [1.82, 2.24) is 0 Å². The molecule has 0 saturated heterocycles. The van der Waals surface area contributed by atoms with Crippen LogP contribution in [0.3, 0.4) is 0 Å². The van der Waals surface area contributed by atoms with Gasteiger partial charge in [-0.1, -0.05) is 49.0 Å². The van der Waals surface area contributed by atoms with Crippen LogP contribution in [-0.4, -0.2) is 9.52 Å². The first-order chi connectivity index (χ1) is 5.36. The summed E-state index contributed by atoms with van der Waals surface area (Å²) in [5, 5.41) is 0. The Hall–Kier alpha value is -0.823. The molecule has 0 aliphatic carbocycles. The fraction of sp³-hybridized carbons (Fsp3) is 0.200. The first kappa shape index (κ1) is 8.28. The Labute approximate surface area is 70.8 Å². The molecule has 11 heavy (non-hydrogen) atoms. The third-order valence-electron chi connectivity index (χ3n) is 1.60. The Bertz CT molecular complexity index is 223. The smallest absolute Gasteiger partial charge is 0.0394 e. The lowest BCUT2D eigenvalue weighted by Crippen LogP contribution is -1.89. The maximum atomic E-state index is 3.71. The molecule has 56 valence electrons. The minimum atomic E-state index is 1.01. The first-order valence-corrected chi connectivity index (χ1v) is 5.43. The van der Waals surface area contributed by atoms with E-state index in [1.54, 1.807) is 0 Å². The number of hydrogen-bond donors (Lipinski definition) is 0. The van der Waals surface area contributed by atoms with Crippen molar-refractivity contribution in [2.24, 2.45) is 0 Å². The molecule has 0 bridgehead atoms. The molecular formula is C10H12Si. The molecule has 0 atom stereocenters. The van der Waals surface area contributed by atoms with Crippen molar-refractivity contribution in [3.05, 3.63) is 42.0 Å². The lowest BCUT2D eigenvalue weighted by Gasteiger charge is -1.97. The van der Waals surface area contributed by atoms with Crippen LogP contribution in [-0.2, 0) is 6.04 Å². The minimum Gasteiger partial charge on any atom is -0.0985 e. The molecule has 0 aliphatic rings. The van der Waals surface area contributed by atoms with Crippen LogP contribution in [0.15, 0.2) is 30.8 Å². The van der Waals surface area contributed by atoms with Gasteiger partial charge in [-0.2, -0.15) is 0 Å². The van der Waals surface area contributed by atoms with Crippen molar-refractivity contribution in [2.45, 2.75) is 12.6 Å². The standard InChI is InChI=1S/C10H12Si/c1-3-9-4-6-10(7-5-9)8-11-2/h3-7H,1,8H2,2H3. The fourth-order valence-corrected chi connectivity index (χ4v) is 1.62. The first-order valence-electron chi connectivity index (χ1n) is 3.73. The SMILES string of the molecule is C=Cc1ccc(C[Si]C)cc1. The molecule has 1 heteroatoms. The molecule has 0 aromatic heterocycles. The van der Waals surface area contributed by atoms with Crippen LogP contribution in [0.2, 0.25) is 6.55 Å². The molecule has 0 amide bonds. The zero-order chi connectivity index (χ0) is 8.10. The molecule has 0 nitrogen and oxygen atoms in total. The summed E-state index contributed by atoms with van der Waals surface area (Å²) in [7, 11) is 1.01.